The molecule has 0 radical (unpaired) electrons. The van der Waals surface area contributed by atoms with Crippen LogP contribution in [0.1, 0.15) is 26.3 Å². The maximum Gasteiger partial charge on any atom is 0.148 e. The predicted molar refractivity (Wildman–Crippen MR) is 106 cm³/mol. The van der Waals surface area contributed by atoms with Crippen LogP contribution in [0, 0.1) is 6.92 Å². The highest BCUT2D eigenvalue weighted by molar-refractivity contribution is 6.34. The summed E-state index contributed by atoms with van der Waals surface area (Å²) in [5.41, 5.74) is 1.80. The van der Waals surface area contributed by atoms with E-state index in [0.717, 1.165) is 53.5 Å². The van der Waals surface area contributed by atoms with Crippen molar-refractivity contribution < 1.29 is 4.74 Å². The van der Waals surface area contributed by atoms with Gasteiger partial charge in [0.15, 0.2) is 0 Å². The average Bonchev–Trinajstić information content (AvgIpc) is 2.56. The van der Waals surface area contributed by atoms with E-state index < -0.39 is 0 Å². The second-order valence-corrected chi connectivity index (χ2v) is 8.34. The van der Waals surface area contributed by atoms with Crippen molar-refractivity contribution in [3.05, 3.63) is 33.8 Å². The van der Waals surface area contributed by atoms with E-state index in [1.165, 1.54) is 0 Å². The summed E-state index contributed by atoms with van der Waals surface area (Å²) in [6, 6.07) is 5.84. The molecule has 0 unspecified atom stereocenters. The van der Waals surface area contributed by atoms with Crippen LogP contribution >= 0.6 is 23.2 Å². The third kappa shape index (κ3) is 4.37. The minimum absolute atomic E-state index is 0.114. The van der Waals surface area contributed by atoms with Gasteiger partial charge in [-0.05, 0) is 45.4 Å². The first-order valence-corrected chi connectivity index (χ1v) is 9.37. The Morgan fingerprint density at radius 2 is 1.76 bits per heavy atom. The number of hydrogen-bond donors (Lipinski definition) is 0. The Balaban J connectivity index is 1.75. The van der Waals surface area contributed by atoms with E-state index in [4.69, 9.17) is 32.9 Å². The molecule has 0 saturated carbocycles. The topological polar surface area (TPSA) is 28.6 Å². The van der Waals surface area contributed by atoms with E-state index in [0.29, 0.717) is 11.8 Å². The molecule has 0 aliphatic carbocycles. The highest BCUT2D eigenvalue weighted by Gasteiger charge is 2.22. The van der Waals surface area contributed by atoms with E-state index in [9.17, 15) is 0 Å². The zero-order valence-corrected chi connectivity index (χ0v) is 16.8. The molecule has 0 bridgehead atoms. The molecule has 25 heavy (non-hydrogen) atoms. The molecule has 0 spiro atoms. The van der Waals surface area contributed by atoms with Crippen molar-refractivity contribution in [3.8, 4) is 0 Å². The van der Waals surface area contributed by atoms with Gasteiger partial charge in [0.05, 0.1) is 22.9 Å². The number of anilines is 1. The Bertz CT molecular complexity index is 765. The first kappa shape index (κ1) is 18.7. The van der Waals surface area contributed by atoms with Gasteiger partial charge in [0.25, 0.3) is 0 Å². The van der Waals surface area contributed by atoms with E-state index >= 15 is 0 Å². The van der Waals surface area contributed by atoms with Crippen molar-refractivity contribution in [1.82, 2.24) is 9.88 Å². The van der Waals surface area contributed by atoms with Crippen LogP contribution in [0.25, 0.3) is 10.9 Å². The summed E-state index contributed by atoms with van der Waals surface area (Å²) in [6.07, 6.45) is 0. The van der Waals surface area contributed by atoms with Gasteiger partial charge < -0.3 is 9.64 Å². The van der Waals surface area contributed by atoms with Crippen molar-refractivity contribution in [2.75, 3.05) is 37.8 Å². The number of pyridine rings is 1. The second-order valence-electron chi connectivity index (χ2n) is 7.53. The third-order valence-electron chi connectivity index (χ3n) is 4.46. The van der Waals surface area contributed by atoms with Crippen LogP contribution in [-0.4, -0.2) is 48.4 Å². The standard InChI is InChI=1S/C19H25Cl2N3O/c1-13-15(20)6-5-14-11-16(21)18(22-17(13)14)24-9-7-23(8-10-24)12-25-19(2,3)4/h5-6,11H,7-10,12H2,1-4H3. The quantitative estimate of drug-likeness (QED) is 0.766. The molecule has 2 heterocycles. The molecule has 136 valence electrons. The largest absolute Gasteiger partial charge is 0.360 e. The van der Waals surface area contributed by atoms with Crippen molar-refractivity contribution in [3.63, 3.8) is 0 Å². The highest BCUT2D eigenvalue weighted by atomic mass is 35.5. The lowest BCUT2D eigenvalue weighted by Gasteiger charge is -2.36. The third-order valence-corrected chi connectivity index (χ3v) is 5.15. The van der Waals surface area contributed by atoms with Crippen molar-refractivity contribution in [2.24, 2.45) is 0 Å². The van der Waals surface area contributed by atoms with Gasteiger partial charge in [-0.15, -0.1) is 0 Å². The zero-order chi connectivity index (χ0) is 18.2. The SMILES string of the molecule is Cc1c(Cl)ccc2cc(Cl)c(N3CCN(COC(C)(C)C)CC3)nc12. The number of rotatable bonds is 3. The number of benzene rings is 1. The Morgan fingerprint density at radius 1 is 1.08 bits per heavy atom. The molecule has 0 N–H and O–H groups in total. The highest BCUT2D eigenvalue weighted by Crippen LogP contribution is 2.32. The van der Waals surface area contributed by atoms with Gasteiger partial charge >= 0.3 is 0 Å². The van der Waals surface area contributed by atoms with Crippen LogP contribution < -0.4 is 4.90 Å². The van der Waals surface area contributed by atoms with Gasteiger partial charge in [-0.1, -0.05) is 29.3 Å². The average molecular weight is 382 g/mol. The summed E-state index contributed by atoms with van der Waals surface area (Å²) in [5.74, 6) is 0.843. The van der Waals surface area contributed by atoms with Crippen molar-refractivity contribution >= 4 is 39.9 Å². The lowest BCUT2D eigenvalue weighted by Crippen LogP contribution is -2.48. The number of aryl methyl sites for hydroxylation is 1. The molecule has 1 aromatic carbocycles. The van der Waals surface area contributed by atoms with Crippen LogP contribution in [-0.2, 0) is 4.74 Å². The number of ether oxygens (including phenoxy) is 1. The Hall–Kier alpha value is -1.07. The van der Waals surface area contributed by atoms with E-state index in [-0.39, 0.29) is 5.60 Å². The molecule has 1 aromatic heterocycles. The summed E-state index contributed by atoms with van der Waals surface area (Å²) in [4.78, 5) is 9.39. The molecule has 0 amide bonds. The Morgan fingerprint density at radius 3 is 2.40 bits per heavy atom. The number of fused-ring (bicyclic) bond motifs is 1. The number of halogens is 2. The van der Waals surface area contributed by atoms with Gasteiger partial charge in [0.1, 0.15) is 5.82 Å². The molecule has 4 nitrogen and oxygen atoms in total. The number of nitrogens with zero attached hydrogens (tertiary/aromatic N) is 3. The van der Waals surface area contributed by atoms with Gasteiger partial charge in [-0.3, -0.25) is 4.90 Å². The minimum atomic E-state index is -0.114. The van der Waals surface area contributed by atoms with E-state index in [1.807, 2.05) is 25.1 Å². The van der Waals surface area contributed by atoms with Crippen LogP contribution in [0.5, 0.6) is 0 Å². The summed E-state index contributed by atoms with van der Waals surface area (Å²) in [6.45, 7) is 12.5. The lowest BCUT2D eigenvalue weighted by atomic mass is 10.1. The Kier molecular flexibility index (Phi) is 5.45. The van der Waals surface area contributed by atoms with Crippen LogP contribution in [0.15, 0.2) is 18.2 Å². The van der Waals surface area contributed by atoms with Gasteiger partial charge in [-0.2, -0.15) is 0 Å². The molecule has 1 saturated heterocycles. The molecule has 3 rings (SSSR count). The fourth-order valence-electron chi connectivity index (χ4n) is 2.92. The first-order chi connectivity index (χ1) is 11.7. The molecule has 1 fully saturated rings. The maximum atomic E-state index is 6.51. The first-order valence-electron chi connectivity index (χ1n) is 8.61. The number of piperazine rings is 1. The van der Waals surface area contributed by atoms with Gasteiger partial charge in [0, 0.05) is 36.6 Å². The monoisotopic (exact) mass is 381 g/mol. The molecule has 1 aliphatic rings. The molecular weight excluding hydrogens is 357 g/mol. The van der Waals surface area contributed by atoms with Gasteiger partial charge in [0.2, 0.25) is 0 Å². The minimum Gasteiger partial charge on any atom is -0.360 e. The number of aromatic nitrogens is 1. The van der Waals surface area contributed by atoms with E-state index in [2.05, 4.69) is 30.6 Å². The van der Waals surface area contributed by atoms with E-state index in [1.54, 1.807) is 0 Å². The molecule has 1 aliphatic heterocycles. The normalized spacial score (nSPS) is 16.6. The predicted octanol–water partition coefficient (Wildman–Crippen LogP) is 4.74. The summed E-state index contributed by atoms with van der Waals surface area (Å²) >= 11 is 12.8. The van der Waals surface area contributed by atoms with Gasteiger partial charge in [-0.25, -0.2) is 4.98 Å². The Labute approximate surface area is 159 Å². The second kappa shape index (κ2) is 7.28. The fraction of sp³-hybridized carbons (Fsp3) is 0.526. The molecule has 0 atom stereocenters. The zero-order valence-electron chi connectivity index (χ0n) is 15.3. The fourth-order valence-corrected chi connectivity index (χ4v) is 3.35. The van der Waals surface area contributed by atoms with Crippen LogP contribution in [0.4, 0.5) is 5.82 Å². The van der Waals surface area contributed by atoms with Crippen LogP contribution in [0.3, 0.4) is 0 Å². The summed E-state index contributed by atoms with van der Waals surface area (Å²) < 4.78 is 5.87. The molecule has 2 aromatic rings. The smallest absolute Gasteiger partial charge is 0.148 e. The van der Waals surface area contributed by atoms with Crippen molar-refractivity contribution in [1.29, 1.82) is 0 Å². The molecular formula is C19H25Cl2N3O. The summed E-state index contributed by atoms with van der Waals surface area (Å²) in [7, 11) is 0. The number of hydrogen-bond acceptors (Lipinski definition) is 4. The maximum absolute atomic E-state index is 6.51. The van der Waals surface area contributed by atoms with Crippen LogP contribution in [0.2, 0.25) is 10.0 Å². The van der Waals surface area contributed by atoms with Crippen molar-refractivity contribution in [2.45, 2.75) is 33.3 Å². The molecule has 6 heteroatoms. The lowest BCUT2D eigenvalue weighted by molar-refractivity contribution is -0.0644. The summed E-state index contributed by atoms with van der Waals surface area (Å²) in [5, 5.41) is 2.44.